The summed E-state index contributed by atoms with van der Waals surface area (Å²) in [4.78, 5) is 0. The second-order valence-electron chi connectivity index (χ2n) is 27.7. The Balaban J connectivity index is 0.000000119. The number of benzene rings is 22. The molecule has 0 aromatic heterocycles. The van der Waals surface area contributed by atoms with E-state index in [1.807, 2.05) is 0 Å². The van der Waals surface area contributed by atoms with Crippen molar-refractivity contribution in [2.75, 3.05) is 0 Å². The normalized spacial score (nSPS) is 13.0. The summed E-state index contributed by atoms with van der Waals surface area (Å²) < 4.78 is 0. The molecule has 0 heterocycles. The second-order valence-corrected chi connectivity index (χ2v) is 27.7. The molecule has 0 unspecified atom stereocenters. The molecule has 0 aliphatic rings. The third-order valence-corrected chi connectivity index (χ3v) is 23.6. The van der Waals surface area contributed by atoms with Crippen molar-refractivity contribution in [2.24, 2.45) is 0 Å². The molecule has 26 rings (SSSR count). The van der Waals surface area contributed by atoms with E-state index in [0.717, 1.165) is 0 Å². The Morgan fingerprint density at radius 3 is 0.448 bits per heavy atom. The minimum Gasteiger partial charge on any atom is -0.0616 e. The molecule has 0 nitrogen and oxygen atoms in total. The lowest BCUT2D eigenvalue weighted by molar-refractivity contribution is 1.79. The van der Waals surface area contributed by atoms with Crippen LogP contribution in [0, 0.1) is 0 Å². The average Bonchev–Trinajstić information content (AvgIpc) is 1.38. The molecule has 0 amide bonds. The van der Waals surface area contributed by atoms with Gasteiger partial charge in [-0.2, -0.15) is 0 Å². The van der Waals surface area contributed by atoms with Crippen LogP contribution in [0.3, 0.4) is 0 Å². The molecule has 0 saturated carbocycles. The zero-order chi connectivity index (χ0) is 61.7. The quantitative estimate of drug-likeness (QED) is 0.105. The molecule has 0 N–H and O–H groups in total. The van der Waals surface area contributed by atoms with Gasteiger partial charge in [-0.05, 0) is 283 Å². The highest BCUT2D eigenvalue weighted by Crippen LogP contribution is 2.57. The van der Waals surface area contributed by atoms with E-state index in [9.17, 15) is 0 Å². The minimum atomic E-state index is 1.31. The molecule has 0 spiro atoms. The molecule has 0 aliphatic heterocycles. The molecule has 0 fully saturated rings. The fourth-order valence-electron chi connectivity index (χ4n) is 20.2. The molecule has 26 aromatic rings. The van der Waals surface area contributed by atoms with Crippen molar-refractivity contribution < 1.29 is 0 Å². The van der Waals surface area contributed by atoms with Gasteiger partial charge in [0, 0.05) is 0 Å². The highest BCUT2D eigenvalue weighted by molar-refractivity contribution is 6.55. The summed E-state index contributed by atoms with van der Waals surface area (Å²) in [7, 11) is 0. The van der Waals surface area contributed by atoms with E-state index in [-0.39, 0.29) is 0 Å². The largest absolute Gasteiger partial charge is 0.0616 e. The SMILES string of the molecule is c1cc2cccc3c2c(c1)c1c2cc4c(cc2c2c5cccc6cccc(c65)c2c31)c1c2cccc3cccc(c32)c1c1c2cccc3cccc(c32)c41.c1ccc2c(c1)c1cccc3c4cc5c(cc4c4cccc2c4c13)c1cccc2c3ccccc3c3cccc5c3c21. The van der Waals surface area contributed by atoms with Crippen molar-refractivity contribution >= 4 is 259 Å². The maximum atomic E-state index is 2.62. The smallest absolute Gasteiger partial charge is 0.000718 e. The van der Waals surface area contributed by atoms with Gasteiger partial charge in [0.05, 0.1) is 0 Å². The second kappa shape index (κ2) is 17.0. The van der Waals surface area contributed by atoms with Crippen molar-refractivity contribution in [1.29, 1.82) is 0 Å². The number of rotatable bonds is 0. The van der Waals surface area contributed by atoms with Gasteiger partial charge in [0.25, 0.3) is 0 Å². The Morgan fingerprint density at radius 1 is 0.0833 bits per heavy atom. The third-order valence-electron chi connectivity index (χ3n) is 23.6. The van der Waals surface area contributed by atoms with Crippen LogP contribution < -0.4 is 0 Å². The first-order valence-corrected chi connectivity index (χ1v) is 33.9. The predicted molar refractivity (Wildman–Crippen MR) is 420 cm³/mol. The standard InChI is InChI=1S/C54H26.C42H22/c1-9-27-13-5-21-35-43(27)31(17-1)47-39-25-41-42(26-40(39)48-32-18-2-10-28-14-6-22-36(44(28)32)52(48)51(35)47)50-34-20-4-12-30-16-8-24-38(46(30)34)54(50)53-37-23-7-15-29-11-3-19-33(45(29)37)49(41)53;1-2-10-24-23(9-1)27-13-5-17-31-35-21-37-33-19-7-15-29-25-11-3-4-12-26(25)30-16-8-20-34(42(30)41(29)33)38(37)22-36(35)32-18-6-14-28(24)40(32)39(27)31/h1-26H;1-22H. The number of hydrogen-bond donors (Lipinski definition) is 0. The summed E-state index contributed by atoms with van der Waals surface area (Å²) in [5.74, 6) is 0. The number of hydrogen-bond acceptors (Lipinski definition) is 0. The fourth-order valence-corrected chi connectivity index (χ4v) is 20.2. The minimum absolute atomic E-state index is 1.31. The van der Waals surface area contributed by atoms with Crippen molar-refractivity contribution in [3.05, 3.63) is 291 Å². The summed E-state index contributed by atoms with van der Waals surface area (Å²) in [6.45, 7) is 0. The zero-order valence-electron chi connectivity index (χ0n) is 51.7. The van der Waals surface area contributed by atoms with E-state index in [1.165, 1.54) is 259 Å². The highest BCUT2D eigenvalue weighted by Gasteiger charge is 2.28. The summed E-state index contributed by atoms with van der Waals surface area (Å²) >= 11 is 0. The topological polar surface area (TPSA) is 0 Å². The van der Waals surface area contributed by atoms with Gasteiger partial charge in [-0.25, -0.2) is 0 Å². The van der Waals surface area contributed by atoms with Crippen molar-refractivity contribution in [1.82, 2.24) is 0 Å². The Morgan fingerprint density at radius 2 is 0.229 bits per heavy atom. The Labute approximate surface area is 546 Å². The molecule has 0 atom stereocenters. The lowest BCUT2D eigenvalue weighted by atomic mass is 9.83. The lowest BCUT2D eigenvalue weighted by Crippen LogP contribution is -1.92. The van der Waals surface area contributed by atoms with Gasteiger partial charge in [0.2, 0.25) is 0 Å². The van der Waals surface area contributed by atoms with Gasteiger partial charge in [-0.1, -0.05) is 267 Å². The molecule has 0 aliphatic carbocycles. The molecular weight excluding hydrogens is 1150 g/mol. The van der Waals surface area contributed by atoms with Gasteiger partial charge in [-0.3, -0.25) is 0 Å². The van der Waals surface area contributed by atoms with Crippen LogP contribution in [-0.2, 0) is 0 Å². The molecular formula is C96H48. The summed E-state index contributed by atoms with van der Waals surface area (Å²) in [5, 5.41) is 65.1. The first-order valence-electron chi connectivity index (χ1n) is 33.9. The maximum absolute atomic E-state index is 2.62. The third kappa shape index (κ3) is 5.66. The summed E-state index contributed by atoms with van der Waals surface area (Å²) in [6, 6.07) is 111. The van der Waals surface area contributed by atoms with Crippen LogP contribution in [0.5, 0.6) is 0 Å². The Kier molecular flexibility index (Phi) is 8.72. The van der Waals surface area contributed by atoms with E-state index in [0.29, 0.717) is 0 Å². The summed E-state index contributed by atoms with van der Waals surface area (Å²) in [5.41, 5.74) is 0. The van der Waals surface area contributed by atoms with Gasteiger partial charge in [0.1, 0.15) is 0 Å². The van der Waals surface area contributed by atoms with Crippen LogP contribution in [0.25, 0.3) is 259 Å². The van der Waals surface area contributed by atoms with E-state index >= 15 is 0 Å². The van der Waals surface area contributed by atoms with E-state index in [2.05, 4.69) is 291 Å². The number of fused-ring (bicyclic) bond motifs is 32. The maximum Gasteiger partial charge on any atom is -0.000718 e. The Hall–Kier alpha value is -12.5. The molecule has 0 saturated heterocycles. The molecule has 96 heavy (non-hydrogen) atoms. The molecule has 432 valence electrons. The van der Waals surface area contributed by atoms with Crippen molar-refractivity contribution in [3.8, 4) is 0 Å². The van der Waals surface area contributed by atoms with E-state index in [1.54, 1.807) is 0 Å². The van der Waals surface area contributed by atoms with Crippen LogP contribution in [0.2, 0.25) is 0 Å². The molecule has 26 aromatic carbocycles. The van der Waals surface area contributed by atoms with Gasteiger partial charge >= 0.3 is 0 Å². The monoisotopic (exact) mass is 1200 g/mol. The highest BCUT2D eigenvalue weighted by atomic mass is 14.3. The Bertz CT molecular complexity index is 7090. The first kappa shape index (κ1) is 49.2. The molecule has 0 heteroatoms. The van der Waals surface area contributed by atoms with Crippen LogP contribution in [0.1, 0.15) is 0 Å². The van der Waals surface area contributed by atoms with Gasteiger partial charge in [0.15, 0.2) is 0 Å². The lowest BCUT2D eigenvalue weighted by Gasteiger charge is -2.20. The van der Waals surface area contributed by atoms with E-state index in [4.69, 9.17) is 0 Å². The summed E-state index contributed by atoms with van der Waals surface area (Å²) in [6.07, 6.45) is 0. The molecule has 0 radical (unpaired) electrons. The van der Waals surface area contributed by atoms with E-state index < -0.39 is 0 Å². The van der Waals surface area contributed by atoms with Gasteiger partial charge in [-0.15, -0.1) is 0 Å². The van der Waals surface area contributed by atoms with Crippen LogP contribution in [0.15, 0.2) is 291 Å². The van der Waals surface area contributed by atoms with Gasteiger partial charge < -0.3 is 0 Å². The van der Waals surface area contributed by atoms with Crippen molar-refractivity contribution in [3.63, 3.8) is 0 Å². The van der Waals surface area contributed by atoms with Crippen LogP contribution in [-0.4, -0.2) is 0 Å². The average molecular weight is 1200 g/mol. The molecule has 0 bridgehead atoms. The first-order chi connectivity index (χ1) is 47.7. The van der Waals surface area contributed by atoms with Crippen LogP contribution in [0.4, 0.5) is 0 Å². The van der Waals surface area contributed by atoms with Crippen LogP contribution >= 0.6 is 0 Å². The van der Waals surface area contributed by atoms with Crippen molar-refractivity contribution in [2.45, 2.75) is 0 Å². The fraction of sp³-hybridized carbons (Fsp3) is 0. The predicted octanol–water partition coefficient (Wildman–Crippen LogP) is 27.7. The zero-order valence-corrected chi connectivity index (χ0v) is 51.7.